The number of aliphatic carboxylic acids is 1. The van der Waals surface area contributed by atoms with Crippen molar-refractivity contribution < 1.29 is 28.7 Å². The molecule has 0 aliphatic rings. The van der Waals surface area contributed by atoms with Gasteiger partial charge in [0.2, 0.25) is 0 Å². The predicted molar refractivity (Wildman–Crippen MR) is 82.7 cm³/mol. The van der Waals surface area contributed by atoms with Crippen LogP contribution in [0.1, 0.15) is 34.8 Å². The van der Waals surface area contributed by atoms with Crippen molar-refractivity contribution in [1.82, 2.24) is 10.5 Å². The molecule has 2 aromatic rings. The third-order valence-electron chi connectivity index (χ3n) is 3.17. The number of carbonyl (C=O) groups is 2. The van der Waals surface area contributed by atoms with E-state index in [2.05, 4.69) is 10.5 Å². The van der Waals surface area contributed by atoms with E-state index in [0.717, 1.165) is 5.56 Å². The average Bonchev–Trinajstić information content (AvgIpc) is 3.02. The monoisotopic (exact) mass is 334 g/mol. The van der Waals surface area contributed by atoms with E-state index in [9.17, 15) is 9.59 Å². The van der Waals surface area contributed by atoms with Gasteiger partial charge in [0.05, 0.1) is 6.04 Å². The van der Waals surface area contributed by atoms with Crippen molar-refractivity contribution in [2.24, 2.45) is 0 Å². The molecule has 1 unspecified atom stereocenters. The lowest BCUT2D eigenvalue weighted by molar-refractivity contribution is -0.139. The molecule has 0 bridgehead atoms. The van der Waals surface area contributed by atoms with Crippen LogP contribution in [0.5, 0.6) is 5.75 Å². The van der Waals surface area contributed by atoms with Gasteiger partial charge in [0, 0.05) is 13.2 Å². The summed E-state index contributed by atoms with van der Waals surface area (Å²) < 4.78 is 14.9. The Hall–Kier alpha value is -2.87. The smallest absolute Gasteiger partial charge is 0.341 e. The van der Waals surface area contributed by atoms with Gasteiger partial charge in [-0.25, -0.2) is 4.79 Å². The second-order valence-electron chi connectivity index (χ2n) is 5.06. The van der Waals surface area contributed by atoms with E-state index in [1.54, 1.807) is 24.3 Å². The summed E-state index contributed by atoms with van der Waals surface area (Å²) in [5, 5.41) is 15.1. The number of benzene rings is 1. The highest BCUT2D eigenvalue weighted by atomic mass is 16.5. The number of amides is 1. The molecule has 2 rings (SSSR count). The first kappa shape index (κ1) is 17.5. The van der Waals surface area contributed by atoms with Crippen molar-refractivity contribution >= 4 is 11.9 Å². The van der Waals surface area contributed by atoms with Crippen molar-refractivity contribution in [3.05, 3.63) is 47.3 Å². The molecule has 1 atom stereocenters. The Morgan fingerprint density at radius 3 is 2.67 bits per heavy atom. The van der Waals surface area contributed by atoms with E-state index in [4.69, 9.17) is 19.1 Å². The van der Waals surface area contributed by atoms with Crippen LogP contribution in [0.4, 0.5) is 0 Å². The molecular weight excluding hydrogens is 316 g/mol. The minimum absolute atomic E-state index is 0.176. The molecule has 128 valence electrons. The van der Waals surface area contributed by atoms with E-state index in [-0.39, 0.29) is 24.2 Å². The predicted octanol–water partition coefficient (Wildman–Crippen LogP) is 1.78. The van der Waals surface area contributed by atoms with E-state index in [0.29, 0.717) is 11.5 Å². The number of carbonyl (C=O) groups excluding carboxylic acids is 1. The van der Waals surface area contributed by atoms with Crippen LogP contribution in [0.15, 0.2) is 34.9 Å². The highest BCUT2D eigenvalue weighted by molar-refractivity contribution is 5.92. The second-order valence-corrected chi connectivity index (χ2v) is 5.06. The third-order valence-corrected chi connectivity index (χ3v) is 3.17. The van der Waals surface area contributed by atoms with Gasteiger partial charge >= 0.3 is 5.97 Å². The number of carboxylic acids is 1. The Morgan fingerprint density at radius 2 is 2.04 bits per heavy atom. The number of ether oxygens (including phenoxy) is 2. The molecule has 1 amide bonds. The van der Waals surface area contributed by atoms with Gasteiger partial charge in [-0.1, -0.05) is 17.3 Å². The number of nitrogens with zero attached hydrogens (tertiary/aromatic N) is 1. The van der Waals surface area contributed by atoms with Gasteiger partial charge < -0.3 is 24.4 Å². The summed E-state index contributed by atoms with van der Waals surface area (Å²) in [6.07, 6.45) is 0. The van der Waals surface area contributed by atoms with Crippen molar-refractivity contribution in [2.75, 3.05) is 13.7 Å². The second kappa shape index (κ2) is 8.11. The van der Waals surface area contributed by atoms with Crippen LogP contribution in [0.2, 0.25) is 0 Å². The summed E-state index contributed by atoms with van der Waals surface area (Å²) in [5.74, 6) is -0.490. The Bertz CT molecular complexity index is 695. The molecular formula is C16H18N2O6. The van der Waals surface area contributed by atoms with Crippen LogP contribution in [-0.4, -0.2) is 35.9 Å². The number of hydrogen-bond acceptors (Lipinski definition) is 6. The molecule has 0 spiro atoms. The van der Waals surface area contributed by atoms with Crippen LogP contribution in [0.25, 0.3) is 0 Å². The Labute approximate surface area is 138 Å². The van der Waals surface area contributed by atoms with Crippen LogP contribution < -0.4 is 10.1 Å². The van der Waals surface area contributed by atoms with Crippen LogP contribution >= 0.6 is 0 Å². The molecule has 0 saturated heterocycles. The fraction of sp³-hybridized carbons (Fsp3) is 0.312. The first-order valence-electron chi connectivity index (χ1n) is 7.19. The molecule has 24 heavy (non-hydrogen) atoms. The standard InChI is InChI=1S/C16H18N2O6/c1-10(11-3-5-12(6-4-11)23-9-15(19)20)17-16(21)14-7-13(8-22-2)24-18-14/h3-7,10H,8-9H2,1-2H3,(H,17,21)(H,19,20). The fourth-order valence-corrected chi connectivity index (χ4v) is 1.98. The zero-order valence-electron chi connectivity index (χ0n) is 13.3. The van der Waals surface area contributed by atoms with E-state index < -0.39 is 12.6 Å². The Morgan fingerprint density at radius 1 is 1.33 bits per heavy atom. The summed E-state index contributed by atoms with van der Waals surface area (Å²) in [5.41, 5.74) is 1.02. The fourth-order valence-electron chi connectivity index (χ4n) is 1.98. The van der Waals surface area contributed by atoms with Gasteiger partial charge in [-0.15, -0.1) is 0 Å². The summed E-state index contributed by atoms with van der Waals surface area (Å²) in [6.45, 7) is 1.66. The van der Waals surface area contributed by atoms with Gasteiger partial charge in [0.1, 0.15) is 12.4 Å². The molecule has 0 radical (unpaired) electrons. The number of nitrogens with one attached hydrogen (secondary N) is 1. The topological polar surface area (TPSA) is 111 Å². The Balaban J connectivity index is 1.94. The van der Waals surface area contributed by atoms with Gasteiger partial charge in [-0.05, 0) is 24.6 Å². The van der Waals surface area contributed by atoms with Crippen molar-refractivity contribution in [2.45, 2.75) is 19.6 Å². The molecule has 1 aromatic carbocycles. The molecule has 2 N–H and O–H groups in total. The highest BCUT2D eigenvalue weighted by Gasteiger charge is 2.16. The maximum Gasteiger partial charge on any atom is 0.341 e. The van der Waals surface area contributed by atoms with Crippen molar-refractivity contribution in [3.63, 3.8) is 0 Å². The summed E-state index contributed by atoms with van der Waals surface area (Å²) in [4.78, 5) is 22.6. The van der Waals surface area contributed by atoms with Crippen molar-refractivity contribution in [3.8, 4) is 5.75 Å². The lowest BCUT2D eigenvalue weighted by Crippen LogP contribution is -2.26. The lowest BCUT2D eigenvalue weighted by Gasteiger charge is -2.14. The highest BCUT2D eigenvalue weighted by Crippen LogP contribution is 2.18. The maximum atomic E-state index is 12.1. The summed E-state index contributed by atoms with van der Waals surface area (Å²) in [6, 6.07) is 8.05. The molecule has 0 fully saturated rings. The molecule has 1 heterocycles. The Kier molecular flexibility index (Phi) is 5.91. The SMILES string of the molecule is COCc1cc(C(=O)NC(C)c2ccc(OCC(=O)O)cc2)no1. The van der Waals surface area contributed by atoms with E-state index in [1.807, 2.05) is 6.92 Å². The van der Waals surface area contributed by atoms with Crippen LogP contribution in [0.3, 0.4) is 0 Å². The normalized spacial score (nSPS) is 11.8. The quantitative estimate of drug-likeness (QED) is 0.757. The van der Waals surface area contributed by atoms with Gasteiger partial charge in [0.15, 0.2) is 18.1 Å². The molecule has 0 aliphatic heterocycles. The number of carboxylic acid groups (broad SMARTS) is 1. The lowest BCUT2D eigenvalue weighted by atomic mass is 10.1. The average molecular weight is 334 g/mol. The van der Waals surface area contributed by atoms with Gasteiger partial charge in [0.25, 0.3) is 5.91 Å². The number of rotatable bonds is 8. The largest absolute Gasteiger partial charge is 0.482 e. The molecule has 0 saturated carbocycles. The number of hydrogen-bond donors (Lipinski definition) is 2. The molecule has 8 nitrogen and oxygen atoms in total. The van der Waals surface area contributed by atoms with Crippen LogP contribution in [0, 0.1) is 0 Å². The first-order chi connectivity index (χ1) is 11.5. The van der Waals surface area contributed by atoms with E-state index in [1.165, 1.54) is 13.2 Å². The minimum atomic E-state index is -1.04. The van der Waals surface area contributed by atoms with Gasteiger partial charge in [-0.2, -0.15) is 0 Å². The molecule has 0 aliphatic carbocycles. The maximum absolute atomic E-state index is 12.1. The molecule has 8 heteroatoms. The third kappa shape index (κ3) is 4.82. The zero-order valence-corrected chi connectivity index (χ0v) is 13.3. The summed E-state index contributed by atoms with van der Waals surface area (Å²) in [7, 11) is 1.52. The van der Waals surface area contributed by atoms with Crippen molar-refractivity contribution in [1.29, 1.82) is 0 Å². The zero-order chi connectivity index (χ0) is 17.5. The summed E-state index contributed by atoms with van der Waals surface area (Å²) >= 11 is 0. The minimum Gasteiger partial charge on any atom is -0.482 e. The molecule has 1 aromatic heterocycles. The number of aromatic nitrogens is 1. The van der Waals surface area contributed by atoms with E-state index >= 15 is 0 Å². The van der Waals surface area contributed by atoms with Crippen LogP contribution in [-0.2, 0) is 16.1 Å². The van der Waals surface area contributed by atoms with Gasteiger partial charge in [-0.3, -0.25) is 4.79 Å². The first-order valence-corrected chi connectivity index (χ1v) is 7.19. The number of methoxy groups -OCH3 is 1.